The maximum atomic E-state index is 12.2. The lowest BCUT2D eigenvalue weighted by Crippen LogP contribution is -2.34. The minimum absolute atomic E-state index is 0.0224. The minimum Gasteiger partial charge on any atom is -0.310 e. The second-order valence-corrected chi connectivity index (χ2v) is 7.75. The first kappa shape index (κ1) is 17.1. The number of nitrogens with zero attached hydrogens (tertiary/aromatic N) is 1. The van der Waals surface area contributed by atoms with Crippen molar-refractivity contribution in [1.82, 2.24) is 9.62 Å². The largest absolute Gasteiger partial charge is 0.310 e. The minimum atomic E-state index is -3.25. The summed E-state index contributed by atoms with van der Waals surface area (Å²) in [5.74, 6) is 0.0528. The molecule has 0 amide bonds. The Kier molecular flexibility index (Phi) is 6.17. The number of hydrogen-bond donors (Lipinski definition) is 1. The summed E-state index contributed by atoms with van der Waals surface area (Å²) in [6.45, 7) is 8.68. The van der Waals surface area contributed by atoms with Crippen molar-refractivity contribution in [1.29, 1.82) is 0 Å². The first-order valence-electron chi connectivity index (χ1n) is 6.99. The highest BCUT2D eigenvalue weighted by Crippen LogP contribution is 2.13. The molecule has 1 aromatic rings. The second-order valence-electron chi connectivity index (χ2n) is 5.72. The van der Waals surface area contributed by atoms with Gasteiger partial charge in [-0.3, -0.25) is 0 Å². The average Bonchev–Trinajstić information content (AvgIpc) is 2.35. The van der Waals surface area contributed by atoms with Crippen molar-refractivity contribution in [2.45, 2.75) is 52.1 Å². The van der Waals surface area contributed by atoms with E-state index in [1.165, 1.54) is 4.31 Å². The van der Waals surface area contributed by atoms with Crippen molar-refractivity contribution in [2.75, 3.05) is 7.05 Å². The van der Waals surface area contributed by atoms with Crippen LogP contribution in [-0.4, -0.2) is 31.9 Å². The van der Waals surface area contributed by atoms with E-state index >= 15 is 0 Å². The third-order valence-corrected chi connectivity index (χ3v) is 5.22. The number of rotatable bonds is 7. The van der Waals surface area contributed by atoms with Gasteiger partial charge in [0.25, 0.3) is 0 Å². The molecule has 0 aliphatic rings. The fraction of sp³-hybridized carbons (Fsp3) is 0.600. The maximum Gasteiger partial charge on any atom is 0.218 e. The van der Waals surface area contributed by atoms with E-state index in [-0.39, 0.29) is 11.8 Å². The zero-order valence-electron chi connectivity index (χ0n) is 13.1. The smallest absolute Gasteiger partial charge is 0.218 e. The summed E-state index contributed by atoms with van der Waals surface area (Å²) in [6.07, 6.45) is 0. The molecule has 0 saturated heterocycles. The number of nitrogens with one attached hydrogen (secondary N) is 1. The predicted molar refractivity (Wildman–Crippen MR) is 83.9 cm³/mol. The van der Waals surface area contributed by atoms with Crippen LogP contribution in [0.4, 0.5) is 0 Å². The summed E-state index contributed by atoms with van der Waals surface area (Å²) in [7, 11) is -1.62. The fourth-order valence-corrected chi connectivity index (χ4v) is 3.23. The van der Waals surface area contributed by atoms with Gasteiger partial charge in [-0.1, -0.05) is 38.1 Å². The Balaban J connectivity index is 2.80. The molecule has 0 radical (unpaired) electrons. The van der Waals surface area contributed by atoms with E-state index in [2.05, 4.69) is 19.2 Å². The molecule has 1 rings (SSSR count). The quantitative estimate of drug-likeness (QED) is 0.840. The van der Waals surface area contributed by atoms with Crippen molar-refractivity contribution < 1.29 is 8.42 Å². The van der Waals surface area contributed by atoms with Gasteiger partial charge in [0.05, 0.1) is 5.75 Å². The summed E-state index contributed by atoms with van der Waals surface area (Å²) in [5.41, 5.74) is 1.94. The van der Waals surface area contributed by atoms with Crippen molar-refractivity contribution in [3.05, 3.63) is 35.4 Å². The lowest BCUT2D eigenvalue weighted by atomic mass is 10.1. The standard InChI is InChI=1S/C15H26N2O2S/c1-12(2)16-10-14-7-6-8-15(9-14)11-20(18,19)17(5)13(3)4/h6-9,12-13,16H,10-11H2,1-5H3. The van der Waals surface area contributed by atoms with Crippen LogP contribution < -0.4 is 5.32 Å². The predicted octanol–water partition coefficient (Wildman–Crippen LogP) is 2.35. The second kappa shape index (κ2) is 7.20. The van der Waals surface area contributed by atoms with Crippen LogP contribution in [0.15, 0.2) is 24.3 Å². The molecular formula is C15H26N2O2S. The molecule has 0 heterocycles. The summed E-state index contributed by atoms with van der Waals surface area (Å²) in [5, 5.41) is 3.33. The van der Waals surface area contributed by atoms with Crippen LogP contribution >= 0.6 is 0 Å². The van der Waals surface area contributed by atoms with Crippen LogP contribution in [0.2, 0.25) is 0 Å². The molecule has 0 fully saturated rings. The lowest BCUT2D eigenvalue weighted by molar-refractivity contribution is 0.410. The van der Waals surface area contributed by atoms with Gasteiger partial charge in [-0.2, -0.15) is 0 Å². The summed E-state index contributed by atoms with van der Waals surface area (Å²) in [6, 6.07) is 8.14. The van der Waals surface area contributed by atoms with Crippen molar-refractivity contribution in [3.63, 3.8) is 0 Å². The third kappa shape index (κ3) is 5.23. The Morgan fingerprint density at radius 1 is 1.15 bits per heavy atom. The molecule has 0 bridgehead atoms. The summed E-state index contributed by atoms with van der Waals surface area (Å²) < 4.78 is 25.9. The molecular weight excluding hydrogens is 272 g/mol. The van der Waals surface area contributed by atoms with Crippen molar-refractivity contribution >= 4 is 10.0 Å². The van der Waals surface area contributed by atoms with Crippen LogP contribution in [0.5, 0.6) is 0 Å². The monoisotopic (exact) mass is 298 g/mol. The van der Waals surface area contributed by atoms with E-state index in [1.54, 1.807) is 7.05 Å². The molecule has 0 aromatic heterocycles. The molecule has 0 aliphatic heterocycles. The van der Waals surface area contributed by atoms with Crippen LogP contribution in [-0.2, 0) is 22.3 Å². The van der Waals surface area contributed by atoms with E-state index in [0.29, 0.717) is 6.04 Å². The topological polar surface area (TPSA) is 49.4 Å². The van der Waals surface area contributed by atoms with Crippen LogP contribution in [0.25, 0.3) is 0 Å². The van der Waals surface area contributed by atoms with Gasteiger partial charge < -0.3 is 5.32 Å². The Bertz CT molecular complexity index is 524. The SMILES string of the molecule is CC(C)NCc1cccc(CS(=O)(=O)N(C)C(C)C)c1. The average molecular weight is 298 g/mol. The van der Waals surface area contributed by atoms with Crippen LogP contribution in [0, 0.1) is 0 Å². The van der Waals surface area contributed by atoms with Gasteiger partial charge in [0.2, 0.25) is 10.0 Å². The van der Waals surface area contributed by atoms with E-state index in [9.17, 15) is 8.42 Å². The van der Waals surface area contributed by atoms with Gasteiger partial charge in [-0.15, -0.1) is 0 Å². The van der Waals surface area contributed by atoms with Gasteiger partial charge in [-0.05, 0) is 25.0 Å². The molecule has 5 heteroatoms. The Morgan fingerprint density at radius 3 is 2.30 bits per heavy atom. The summed E-state index contributed by atoms with van der Waals surface area (Å²) >= 11 is 0. The maximum absolute atomic E-state index is 12.2. The molecule has 1 aromatic carbocycles. The van der Waals surface area contributed by atoms with E-state index in [4.69, 9.17) is 0 Å². The Hall–Kier alpha value is -0.910. The van der Waals surface area contributed by atoms with Gasteiger partial charge in [-0.25, -0.2) is 12.7 Å². The lowest BCUT2D eigenvalue weighted by Gasteiger charge is -2.21. The number of benzene rings is 1. The Morgan fingerprint density at radius 2 is 1.75 bits per heavy atom. The molecule has 0 aliphatic carbocycles. The van der Waals surface area contributed by atoms with Crippen LogP contribution in [0.3, 0.4) is 0 Å². The molecule has 114 valence electrons. The van der Waals surface area contributed by atoms with Crippen molar-refractivity contribution in [2.24, 2.45) is 0 Å². The number of sulfonamides is 1. The normalized spacial score (nSPS) is 12.6. The van der Waals surface area contributed by atoms with E-state index < -0.39 is 10.0 Å². The zero-order chi connectivity index (χ0) is 15.3. The molecule has 4 nitrogen and oxygen atoms in total. The molecule has 1 N–H and O–H groups in total. The van der Waals surface area contributed by atoms with Gasteiger partial charge in [0.1, 0.15) is 0 Å². The highest BCUT2D eigenvalue weighted by Gasteiger charge is 2.20. The summed E-state index contributed by atoms with van der Waals surface area (Å²) in [4.78, 5) is 0. The van der Waals surface area contributed by atoms with E-state index in [0.717, 1.165) is 17.7 Å². The van der Waals surface area contributed by atoms with Crippen LogP contribution in [0.1, 0.15) is 38.8 Å². The third-order valence-electron chi connectivity index (χ3n) is 3.22. The zero-order valence-corrected chi connectivity index (χ0v) is 13.9. The molecule has 0 atom stereocenters. The van der Waals surface area contributed by atoms with Gasteiger partial charge in [0, 0.05) is 25.7 Å². The molecule has 0 unspecified atom stereocenters. The van der Waals surface area contributed by atoms with Gasteiger partial charge in [0.15, 0.2) is 0 Å². The first-order chi connectivity index (χ1) is 9.22. The first-order valence-corrected chi connectivity index (χ1v) is 8.60. The molecule has 0 saturated carbocycles. The van der Waals surface area contributed by atoms with Gasteiger partial charge >= 0.3 is 0 Å². The van der Waals surface area contributed by atoms with Crippen molar-refractivity contribution in [3.8, 4) is 0 Å². The molecule has 20 heavy (non-hydrogen) atoms. The Labute approximate surface area is 123 Å². The number of hydrogen-bond acceptors (Lipinski definition) is 3. The van der Waals surface area contributed by atoms with E-state index in [1.807, 2.05) is 38.1 Å². The highest BCUT2D eigenvalue weighted by atomic mass is 32.2. The fourth-order valence-electron chi connectivity index (χ4n) is 1.79. The molecule has 0 spiro atoms. The highest BCUT2D eigenvalue weighted by molar-refractivity contribution is 7.88.